The minimum absolute atomic E-state index is 0.365. The lowest BCUT2D eigenvalue weighted by molar-refractivity contribution is 0.473. The van der Waals surface area contributed by atoms with E-state index in [1.165, 1.54) is 5.39 Å². The maximum atomic E-state index is 5.87. The molecule has 0 radical (unpaired) electrons. The molecule has 0 aliphatic rings. The molecule has 0 amide bonds. The van der Waals surface area contributed by atoms with Crippen molar-refractivity contribution in [2.75, 3.05) is 0 Å². The van der Waals surface area contributed by atoms with Crippen molar-refractivity contribution in [3.05, 3.63) is 66.5 Å². The molecule has 0 fully saturated rings. The van der Waals surface area contributed by atoms with Crippen LogP contribution in [0.25, 0.3) is 10.8 Å². The van der Waals surface area contributed by atoms with Crippen LogP contribution in [-0.4, -0.2) is 4.98 Å². The van der Waals surface area contributed by atoms with E-state index >= 15 is 0 Å². The smallest absolute Gasteiger partial charge is 0.150 e. The Hall–Kier alpha value is -2.39. The van der Waals surface area contributed by atoms with Crippen LogP contribution in [0.2, 0.25) is 0 Å². The summed E-state index contributed by atoms with van der Waals surface area (Å²) in [7, 11) is 0. The summed E-state index contributed by atoms with van der Waals surface area (Å²) in [5.41, 5.74) is 6.41. The van der Waals surface area contributed by atoms with Gasteiger partial charge in [-0.3, -0.25) is 4.98 Å². The molecular formula is C16H14N2O. The summed E-state index contributed by atoms with van der Waals surface area (Å²) in [6.45, 7) is 0.365. The third-order valence-electron chi connectivity index (χ3n) is 2.99. The normalized spacial score (nSPS) is 10.6. The Balaban J connectivity index is 1.96. The standard InChI is InChI=1S/C16H14N2O/c17-11-15-16(6-3-9-18-15)19-14-8-7-12-4-1-2-5-13(12)10-14/h1-10H,11,17H2. The zero-order valence-electron chi connectivity index (χ0n) is 10.4. The first kappa shape index (κ1) is 11.7. The van der Waals surface area contributed by atoms with Crippen LogP contribution in [-0.2, 0) is 6.54 Å². The molecule has 3 nitrogen and oxygen atoms in total. The first-order chi connectivity index (χ1) is 9.36. The molecule has 1 heterocycles. The van der Waals surface area contributed by atoms with Gasteiger partial charge in [-0.05, 0) is 35.0 Å². The third-order valence-corrected chi connectivity index (χ3v) is 2.99. The van der Waals surface area contributed by atoms with Gasteiger partial charge in [0.05, 0.1) is 5.69 Å². The highest BCUT2D eigenvalue weighted by Crippen LogP contribution is 2.26. The minimum Gasteiger partial charge on any atom is -0.455 e. The molecular weight excluding hydrogens is 236 g/mol. The number of nitrogens with two attached hydrogens (primary N) is 1. The number of rotatable bonds is 3. The second kappa shape index (κ2) is 5.08. The van der Waals surface area contributed by atoms with E-state index in [0.717, 1.165) is 16.8 Å². The van der Waals surface area contributed by atoms with E-state index in [2.05, 4.69) is 17.1 Å². The summed E-state index contributed by atoms with van der Waals surface area (Å²) in [6.07, 6.45) is 1.72. The van der Waals surface area contributed by atoms with Gasteiger partial charge in [-0.25, -0.2) is 0 Å². The number of pyridine rings is 1. The maximum Gasteiger partial charge on any atom is 0.150 e. The van der Waals surface area contributed by atoms with Gasteiger partial charge in [0.25, 0.3) is 0 Å². The summed E-state index contributed by atoms with van der Waals surface area (Å²) >= 11 is 0. The van der Waals surface area contributed by atoms with Crippen molar-refractivity contribution in [3.8, 4) is 11.5 Å². The van der Waals surface area contributed by atoms with E-state index in [1.54, 1.807) is 6.20 Å². The molecule has 3 rings (SSSR count). The number of nitrogens with zero attached hydrogens (tertiary/aromatic N) is 1. The molecule has 0 bridgehead atoms. The van der Waals surface area contributed by atoms with Gasteiger partial charge < -0.3 is 10.5 Å². The molecule has 2 aromatic carbocycles. The highest BCUT2D eigenvalue weighted by Gasteiger charge is 2.04. The molecule has 19 heavy (non-hydrogen) atoms. The predicted octanol–water partition coefficient (Wildman–Crippen LogP) is 3.49. The quantitative estimate of drug-likeness (QED) is 0.774. The van der Waals surface area contributed by atoms with Crippen LogP contribution in [0, 0.1) is 0 Å². The zero-order valence-corrected chi connectivity index (χ0v) is 10.4. The first-order valence-electron chi connectivity index (χ1n) is 6.17. The average molecular weight is 250 g/mol. The van der Waals surface area contributed by atoms with Crippen molar-refractivity contribution in [3.63, 3.8) is 0 Å². The van der Waals surface area contributed by atoms with Crippen molar-refractivity contribution in [2.24, 2.45) is 5.73 Å². The molecule has 0 saturated carbocycles. The molecule has 0 aliphatic heterocycles. The van der Waals surface area contributed by atoms with Crippen molar-refractivity contribution < 1.29 is 4.74 Å². The summed E-state index contributed by atoms with van der Waals surface area (Å²) in [5, 5.41) is 2.35. The van der Waals surface area contributed by atoms with E-state index < -0.39 is 0 Å². The van der Waals surface area contributed by atoms with Gasteiger partial charge in [0.1, 0.15) is 11.5 Å². The van der Waals surface area contributed by atoms with E-state index in [-0.39, 0.29) is 0 Å². The van der Waals surface area contributed by atoms with Gasteiger partial charge in [0.15, 0.2) is 0 Å². The lowest BCUT2D eigenvalue weighted by Gasteiger charge is -2.09. The third kappa shape index (κ3) is 2.41. The van der Waals surface area contributed by atoms with Gasteiger partial charge in [-0.15, -0.1) is 0 Å². The van der Waals surface area contributed by atoms with Crippen LogP contribution >= 0.6 is 0 Å². The molecule has 3 aromatic rings. The summed E-state index contributed by atoms with van der Waals surface area (Å²) < 4.78 is 5.87. The molecule has 2 N–H and O–H groups in total. The van der Waals surface area contributed by atoms with E-state index in [1.807, 2.05) is 42.5 Å². The van der Waals surface area contributed by atoms with E-state index in [9.17, 15) is 0 Å². The number of benzene rings is 2. The van der Waals surface area contributed by atoms with E-state index in [0.29, 0.717) is 12.3 Å². The van der Waals surface area contributed by atoms with Gasteiger partial charge in [0, 0.05) is 12.7 Å². The van der Waals surface area contributed by atoms with Gasteiger partial charge in [0.2, 0.25) is 0 Å². The second-order valence-electron chi connectivity index (χ2n) is 4.26. The van der Waals surface area contributed by atoms with Crippen LogP contribution in [0.4, 0.5) is 0 Å². The van der Waals surface area contributed by atoms with Crippen molar-refractivity contribution >= 4 is 10.8 Å². The molecule has 0 saturated heterocycles. The second-order valence-corrected chi connectivity index (χ2v) is 4.26. The monoisotopic (exact) mass is 250 g/mol. The first-order valence-corrected chi connectivity index (χ1v) is 6.17. The molecule has 3 heteroatoms. The number of ether oxygens (including phenoxy) is 1. The predicted molar refractivity (Wildman–Crippen MR) is 76.2 cm³/mol. The molecule has 94 valence electrons. The van der Waals surface area contributed by atoms with Crippen molar-refractivity contribution in [1.29, 1.82) is 0 Å². The summed E-state index contributed by atoms with van der Waals surface area (Å²) in [6, 6.07) is 17.9. The van der Waals surface area contributed by atoms with Gasteiger partial charge in [-0.1, -0.05) is 30.3 Å². The molecule has 0 spiro atoms. The SMILES string of the molecule is NCc1ncccc1Oc1ccc2ccccc2c1. The molecule has 0 unspecified atom stereocenters. The number of fused-ring (bicyclic) bond motifs is 1. The number of aromatic nitrogens is 1. The highest BCUT2D eigenvalue weighted by atomic mass is 16.5. The highest BCUT2D eigenvalue weighted by molar-refractivity contribution is 5.83. The number of hydrogen-bond acceptors (Lipinski definition) is 3. The lowest BCUT2D eigenvalue weighted by atomic mass is 10.1. The fourth-order valence-corrected chi connectivity index (χ4v) is 2.03. The lowest BCUT2D eigenvalue weighted by Crippen LogP contribution is -2.01. The summed E-state index contributed by atoms with van der Waals surface area (Å²) in [4.78, 5) is 4.21. The topological polar surface area (TPSA) is 48.1 Å². The summed E-state index contributed by atoms with van der Waals surface area (Å²) in [5.74, 6) is 1.50. The van der Waals surface area contributed by atoms with Crippen molar-refractivity contribution in [1.82, 2.24) is 4.98 Å². The Kier molecular flexibility index (Phi) is 3.12. The fourth-order valence-electron chi connectivity index (χ4n) is 2.03. The van der Waals surface area contributed by atoms with Gasteiger partial charge in [-0.2, -0.15) is 0 Å². The van der Waals surface area contributed by atoms with Crippen LogP contribution in [0.5, 0.6) is 11.5 Å². The Labute approximate surface area is 111 Å². The van der Waals surface area contributed by atoms with Crippen LogP contribution in [0.1, 0.15) is 5.69 Å². The Bertz CT molecular complexity index is 710. The Morgan fingerprint density at radius 1 is 0.947 bits per heavy atom. The Morgan fingerprint density at radius 2 is 1.79 bits per heavy atom. The largest absolute Gasteiger partial charge is 0.455 e. The van der Waals surface area contributed by atoms with Crippen molar-refractivity contribution in [2.45, 2.75) is 6.54 Å². The minimum atomic E-state index is 0.365. The maximum absolute atomic E-state index is 5.87. The number of hydrogen-bond donors (Lipinski definition) is 1. The van der Waals surface area contributed by atoms with Crippen LogP contribution in [0.15, 0.2) is 60.8 Å². The molecule has 0 atom stereocenters. The average Bonchev–Trinajstić information content (AvgIpc) is 2.48. The molecule has 0 aliphatic carbocycles. The molecule has 1 aromatic heterocycles. The van der Waals surface area contributed by atoms with Crippen LogP contribution in [0.3, 0.4) is 0 Å². The zero-order chi connectivity index (χ0) is 13.1. The van der Waals surface area contributed by atoms with Crippen LogP contribution < -0.4 is 10.5 Å². The van der Waals surface area contributed by atoms with E-state index in [4.69, 9.17) is 10.5 Å². The van der Waals surface area contributed by atoms with Gasteiger partial charge >= 0.3 is 0 Å². The fraction of sp³-hybridized carbons (Fsp3) is 0.0625. The Morgan fingerprint density at radius 3 is 2.63 bits per heavy atom.